The molecule has 18 heavy (non-hydrogen) atoms. The Morgan fingerprint density at radius 2 is 2.17 bits per heavy atom. The van der Waals surface area contributed by atoms with E-state index in [1.165, 1.54) is 0 Å². The molecule has 0 heterocycles. The Morgan fingerprint density at radius 3 is 2.89 bits per heavy atom. The van der Waals surface area contributed by atoms with Crippen LogP contribution < -0.4 is 0 Å². The molecule has 1 aliphatic rings. The highest BCUT2D eigenvalue weighted by atomic mass is 16.5. The van der Waals surface area contributed by atoms with E-state index < -0.39 is 0 Å². The molecule has 1 aromatic rings. The Labute approximate surface area is 107 Å². The molecule has 0 N–H and O–H groups in total. The van der Waals surface area contributed by atoms with Crippen molar-refractivity contribution in [3.05, 3.63) is 35.4 Å². The van der Waals surface area contributed by atoms with E-state index in [9.17, 15) is 9.59 Å². The minimum Gasteiger partial charge on any atom is -0.380 e. The van der Waals surface area contributed by atoms with Crippen LogP contribution in [0.5, 0.6) is 0 Å². The van der Waals surface area contributed by atoms with Crippen molar-refractivity contribution in [3.8, 4) is 0 Å². The van der Waals surface area contributed by atoms with Gasteiger partial charge in [0.2, 0.25) is 0 Å². The van der Waals surface area contributed by atoms with Crippen LogP contribution in [-0.4, -0.2) is 18.7 Å². The van der Waals surface area contributed by atoms with E-state index in [4.69, 9.17) is 4.74 Å². The molecule has 1 aromatic carbocycles. The molecule has 1 atom stereocenters. The van der Waals surface area contributed by atoms with Gasteiger partial charge in [-0.1, -0.05) is 24.3 Å². The van der Waals surface area contributed by atoms with E-state index in [1.54, 1.807) is 7.11 Å². The number of rotatable bonds is 4. The molecule has 0 aliphatic heterocycles. The molecule has 1 fully saturated rings. The van der Waals surface area contributed by atoms with Crippen molar-refractivity contribution in [1.82, 2.24) is 0 Å². The van der Waals surface area contributed by atoms with Crippen molar-refractivity contribution in [2.24, 2.45) is 5.92 Å². The van der Waals surface area contributed by atoms with Gasteiger partial charge in [-0.05, 0) is 18.4 Å². The van der Waals surface area contributed by atoms with Crippen LogP contribution in [-0.2, 0) is 16.1 Å². The molecule has 2 rings (SSSR count). The summed E-state index contributed by atoms with van der Waals surface area (Å²) in [7, 11) is 1.62. The number of benzene rings is 1. The summed E-state index contributed by atoms with van der Waals surface area (Å²) in [5.74, 6) is 0.170. The molecule has 1 aliphatic carbocycles. The highest BCUT2D eigenvalue weighted by Gasteiger charge is 2.27. The van der Waals surface area contributed by atoms with Crippen LogP contribution in [0, 0.1) is 5.92 Å². The first kappa shape index (κ1) is 13.0. The summed E-state index contributed by atoms with van der Waals surface area (Å²) in [6.45, 7) is 0.433. The lowest BCUT2D eigenvalue weighted by Gasteiger charge is -2.20. The van der Waals surface area contributed by atoms with E-state index in [2.05, 4.69) is 0 Å². The largest absolute Gasteiger partial charge is 0.380 e. The normalized spacial score (nSPS) is 19.8. The second kappa shape index (κ2) is 5.91. The summed E-state index contributed by atoms with van der Waals surface area (Å²) in [5, 5.41) is 0. The molecule has 3 heteroatoms. The van der Waals surface area contributed by atoms with Crippen LogP contribution in [0.2, 0.25) is 0 Å². The zero-order chi connectivity index (χ0) is 13.0. The van der Waals surface area contributed by atoms with E-state index in [0.29, 0.717) is 25.0 Å². The number of hydrogen-bond acceptors (Lipinski definition) is 3. The highest BCUT2D eigenvalue weighted by Crippen LogP contribution is 2.26. The number of Topliss-reactive ketones (excluding diaryl/α,β-unsaturated/α-hetero) is 2. The summed E-state index contributed by atoms with van der Waals surface area (Å²) in [4.78, 5) is 23.9. The van der Waals surface area contributed by atoms with E-state index in [1.807, 2.05) is 24.3 Å². The lowest BCUT2D eigenvalue weighted by molar-refractivity contribution is -0.121. The van der Waals surface area contributed by atoms with Gasteiger partial charge in [0.1, 0.15) is 5.78 Å². The van der Waals surface area contributed by atoms with E-state index >= 15 is 0 Å². The summed E-state index contributed by atoms with van der Waals surface area (Å²) in [6.07, 6.45) is 2.69. The molecule has 0 amide bonds. The average Bonchev–Trinajstić information content (AvgIpc) is 2.39. The first-order valence-electron chi connectivity index (χ1n) is 6.35. The smallest absolute Gasteiger partial charge is 0.166 e. The van der Waals surface area contributed by atoms with Gasteiger partial charge in [0.15, 0.2) is 5.78 Å². The topological polar surface area (TPSA) is 43.4 Å². The number of methoxy groups -OCH3 is 1. The van der Waals surface area contributed by atoms with E-state index in [0.717, 1.165) is 18.4 Å². The predicted octanol–water partition coefficient (Wildman–Crippen LogP) is 2.78. The lowest BCUT2D eigenvalue weighted by atomic mass is 9.82. The standard InChI is InChI=1S/C15H18O3/c1-18-10-12-5-2-3-8-14(12)15(17)11-6-4-7-13(16)9-11/h2-3,5,8,11H,4,6-7,9-10H2,1H3. The van der Waals surface area contributed by atoms with Gasteiger partial charge >= 0.3 is 0 Å². The summed E-state index contributed by atoms with van der Waals surface area (Å²) < 4.78 is 5.11. The van der Waals surface area contributed by atoms with Crippen LogP contribution in [0.25, 0.3) is 0 Å². The van der Waals surface area contributed by atoms with Crippen LogP contribution in [0.3, 0.4) is 0 Å². The van der Waals surface area contributed by atoms with Crippen molar-refractivity contribution in [3.63, 3.8) is 0 Å². The molecule has 0 radical (unpaired) electrons. The monoisotopic (exact) mass is 246 g/mol. The fourth-order valence-electron chi connectivity index (χ4n) is 2.51. The first-order chi connectivity index (χ1) is 8.72. The SMILES string of the molecule is COCc1ccccc1C(=O)C1CCCC(=O)C1. The van der Waals surface area contributed by atoms with Crippen molar-refractivity contribution in [2.75, 3.05) is 7.11 Å². The molecule has 0 saturated heterocycles. The molecule has 3 nitrogen and oxygen atoms in total. The molecular formula is C15H18O3. The molecule has 1 unspecified atom stereocenters. The maximum atomic E-state index is 12.4. The third-order valence-corrected chi connectivity index (χ3v) is 3.44. The van der Waals surface area contributed by atoms with Crippen LogP contribution in [0.4, 0.5) is 0 Å². The van der Waals surface area contributed by atoms with Crippen LogP contribution >= 0.6 is 0 Å². The Morgan fingerprint density at radius 1 is 1.39 bits per heavy atom. The van der Waals surface area contributed by atoms with Crippen molar-refractivity contribution in [2.45, 2.75) is 32.3 Å². The molecule has 0 aromatic heterocycles. The fourth-order valence-corrected chi connectivity index (χ4v) is 2.51. The van der Waals surface area contributed by atoms with Gasteiger partial charge in [-0.3, -0.25) is 9.59 Å². The minimum atomic E-state index is -0.135. The van der Waals surface area contributed by atoms with Gasteiger partial charge < -0.3 is 4.74 Å². The fraction of sp³-hybridized carbons (Fsp3) is 0.467. The van der Waals surface area contributed by atoms with Gasteiger partial charge in [-0.15, -0.1) is 0 Å². The van der Waals surface area contributed by atoms with Crippen molar-refractivity contribution < 1.29 is 14.3 Å². The Hall–Kier alpha value is -1.48. The summed E-state index contributed by atoms with van der Waals surface area (Å²) in [6, 6.07) is 7.49. The number of carbonyl (C=O) groups excluding carboxylic acids is 2. The van der Waals surface area contributed by atoms with Gasteiger partial charge in [-0.25, -0.2) is 0 Å². The molecular weight excluding hydrogens is 228 g/mol. The minimum absolute atomic E-state index is 0.0932. The summed E-state index contributed by atoms with van der Waals surface area (Å²) in [5.41, 5.74) is 1.61. The molecule has 1 saturated carbocycles. The maximum absolute atomic E-state index is 12.4. The number of ketones is 2. The molecule has 96 valence electrons. The van der Waals surface area contributed by atoms with Crippen molar-refractivity contribution >= 4 is 11.6 Å². The molecule has 0 spiro atoms. The highest BCUT2D eigenvalue weighted by molar-refractivity contribution is 6.01. The Bertz CT molecular complexity index is 451. The maximum Gasteiger partial charge on any atom is 0.166 e. The third-order valence-electron chi connectivity index (χ3n) is 3.44. The molecule has 0 bridgehead atoms. The zero-order valence-electron chi connectivity index (χ0n) is 10.6. The number of carbonyl (C=O) groups is 2. The van der Waals surface area contributed by atoms with Gasteiger partial charge in [0.25, 0.3) is 0 Å². The summed E-state index contributed by atoms with van der Waals surface area (Å²) >= 11 is 0. The van der Waals surface area contributed by atoms with Gasteiger partial charge in [0, 0.05) is 31.4 Å². The number of ether oxygens (including phenoxy) is 1. The van der Waals surface area contributed by atoms with Gasteiger partial charge in [-0.2, -0.15) is 0 Å². The lowest BCUT2D eigenvalue weighted by Crippen LogP contribution is -2.23. The second-order valence-corrected chi connectivity index (χ2v) is 4.79. The predicted molar refractivity (Wildman–Crippen MR) is 68.5 cm³/mol. The third kappa shape index (κ3) is 2.85. The van der Waals surface area contributed by atoms with E-state index in [-0.39, 0.29) is 17.5 Å². The van der Waals surface area contributed by atoms with Gasteiger partial charge in [0.05, 0.1) is 6.61 Å². The quantitative estimate of drug-likeness (QED) is 0.767. The van der Waals surface area contributed by atoms with Crippen molar-refractivity contribution in [1.29, 1.82) is 0 Å². The van der Waals surface area contributed by atoms with Crippen LogP contribution in [0.1, 0.15) is 41.6 Å². The Kier molecular flexibility index (Phi) is 4.26. The second-order valence-electron chi connectivity index (χ2n) is 4.79. The first-order valence-corrected chi connectivity index (χ1v) is 6.35. The van der Waals surface area contributed by atoms with Crippen LogP contribution in [0.15, 0.2) is 24.3 Å². The zero-order valence-corrected chi connectivity index (χ0v) is 10.6. The number of hydrogen-bond donors (Lipinski definition) is 0. The average molecular weight is 246 g/mol. The Balaban J connectivity index is 2.19.